The quantitative estimate of drug-likeness (QED) is 0.526. The number of benzene rings is 3. The van der Waals surface area contributed by atoms with Crippen LogP contribution in [0.15, 0.2) is 48.5 Å². The minimum absolute atomic E-state index is 0.0105. The van der Waals surface area contributed by atoms with Crippen molar-refractivity contribution in [2.45, 2.75) is 37.9 Å². The maximum Gasteiger partial charge on any atom is 0.307 e. The normalized spacial score (nSPS) is 15.7. The lowest BCUT2D eigenvalue weighted by Crippen LogP contribution is -2.38. The topological polar surface area (TPSA) is 101 Å². The van der Waals surface area contributed by atoms with Gasteiger partial charge in [-0.05, 0) is 76.9 Å². The van der Waals surface area contributed by atoms with E-state index in [2.05, 4.69) is 0 Å². The van der Waals surface area contributed by atoms with Crippen LogP contribution >= 0.6 is 0 Å². The number of sulfonamides is 1. The van der Waals surface area contributed by atoms with Crippen LogP contribution in [0.3, 0.4) is 0 Å². The number of rotatable bonds is 6. The van der Waals surface area contributed by atoms with Gasteiger partial charge in [0.15, 0.2) is 0 Å². The van der Waals surface area contributed by atoms with Crippen molar-refractivity contribution >= 4 is 32.5 Å². The molecular formula is C25H27FN2O4S. The Labute approximate surface area is 192 Å². The van der Waals surface area contributed by atoms with Crippen molar-refractivity contribution in [2.75, 3.05) is 18.8 Å². The van der Waals surface area contributed by atoms with Crippen molar-refractivity contribution in [3.63, 3.8) is 0 Å². The largest absolute Gasteiger partial charge is 0.481 e. The van der Waals surface area contributed by atoms with E-state index in [0.29, 0.717) is 42.7 Å². The molecule has 0 aromatic heterocycles. The first-order valence-corrected chi connectivity index (χ1v) is 12.5. The van der Waals surface area contributed by atoms with Crippen LogP contribution in [-0.2, 0) is 27.0 Å². The third-order valence-electron chi connectivity index (χ3n) is 6.51. The standard InChI is InChI=1S/C25H27FN2O4S/c1-16-20(13-24(29)30)12-18-6-7-21(26)14-22(18)25(16)17-8-10-28(11-9-17)33(31,32)15-19-4-2-3-5-23(19)27/h2-7,12,14,17H,8-11,13,15,27H2,1H3,(H,29,30). The number of aliphatic carboxylic acids is 1. The maximum atomic E-state index is 14.1. The number of para-hydroxylation sites is 1. The number of halogens is 1. The Morgan fingerprint density at radius 2 is 1.82 bits per heavy atom. The molecule has 0 spiro atoms. The van der Waals surface area contributed by atoms with Crippen LogP contribution in [0, 0.1) is 12.7 Å². The smallest absolute Gasteiger partial charge is 0.307 e. The fourth-order valence-electron chi connectivity index (χ4n) is 4.81. The van der Waals surface area contributed by atoms with E-state index >= 15 is 0 Å². The first kappa shape index (κ1) is 23.2. The summed E-state index contributed by atoms with van der Waals surface area (Å²) in [4.78, 5) is 11.4. The van der Waals surface area contributed by atoms with E-state index in [1.165, 1.54) is 16.4 Å². The molecule has 4 rings (SSSR count). The molecule has 0 bridgehead atoms. The molecule has 1 heterocycles. The number of nitrogens with zero attached hydrogens (tertiary/aromatic N) is 1. The Balaban J connectivity index is 1.61. The van der Waals surface area contributed by atoms with Gasteiger partial charge in [-0.3, -0.25) is 4.79 Å². The summed E-state index contributed by atoms with van der Waals surface area (Å²) < 4.78 is 41.6. The van der Waals surface area contributed by atoms with Crippen LogP contribution < -0.4 is 5.73 Å². The number of carboxylic acid groups (broad SMARTS) is 1. The van der Waals surface area contributed by atoms with Gasteiger partial charge >= 0.3 is 5.97 Å². The lowest BCUT2D eigenvalue weighted by Gasteiger charge is -2.33. The average molecular weight is 471 g/mol. The molecule has 0 saturated carbocycles. The number of anilines is 1. The molecule has 3 N–H and O–H groups in total. The molecule has 0 atom stereocenters. The van der Waals surface area contributed by atoms with Gasteiger partial charge in [0.05, 0.1) is 12.2 Å². The first-order chi connectivity index (χ1) is 15.7. The van der Waals surface area contributed by atoms with Gasteiger partial charge < -0.3 is 10.8 Å². The number of carboxylic acids is 1. The van der Waals surface area contributed by atoms with Crippen LogP contribution in [0.4, 0.5) is 10.1 Å². The molecular weight excluding hydrogens is 443 g/mol. The molecule has 174 valence electrons. The van der Waals surface area contributed by atoms with Crippen molar-refractivity contribution < 1.29 is 22.7 Å². The molecule has 1 aliphatic heterocycles. The Bertz CT molecular complexity index is 1320. The number of nitrogen functional groups attached to an aromatic ring is 1. The Hall–Kier alpha value is -2.97. The predicted octanol–water partition coefficient (Wildman–Crippen LogP) is 4.21. The Kier molecular flexibility index (Phi) is 6.41. The monoisotopic (exact) mass is 470 g/mol. The number of nitrogens with two attached hydrogens (primary N) is 1. The lowest BCUT2D eigenvalue weighted by atomic mass is 9.82. The molecule has 0 amide bonds. The van der Waals surface area contributed by atoms with Gasteiger partial charge in [-0.15, -0.1) is 0 Å². The second kappa shape index (κ2) is 9.11. The fraction of sp³-hybridized carbons (Fsp3) is 0.320. The van der Waals surface area contributed by atoms with E-state index in [4.69, 9.17) is 5.73 Å². The summed E-state index contributed by atoms with van der Waals surface area (Å²) in [5.74, 6) is -1.41. The number of hydrogen-bond donors (Lipinski definition) is 2. The molecule has 6 nitrogen and oxygen atoms in total. The summed E-state index contributed by atoms with van der Waals surface area (Å²) >= 11 is 0. The van der Waals surface area contributed by atoms with Crippen LogP contribution in [0.1, 0.15) is 41.0 Å². The van der Waals surface area contributed by atoms with E-state index in [9.17, 15) is 22.7 Å². The van der Waals surface area contributed by atoms with Crippen molar-refractivity contribution in [2.24, 2.45) is 0 Å². The summed E-state index contributed by atoms with van der Waals surface area (Å²) in [5.41, 5.74) is 9.43. The molecule has 0 aliphatic carbocycles. The van der Waals surface area contributed by atoms with Crippen LogP contribution in [-0.4, -0.2) is 36.9 Å². The van der Waals surface area contributed by atoms with Crippen molar-refractivity contribution in [1.29, 1.82) is 0 Å². The second-order valence-corrected chi connectivity index (χ2v) is 10.6. The molecule has 1 aliphatic rings. The molecule has 3 aromatic carbocycles. The second-order valence-electron chi connectivity index (χ2n) is 8.64. The molecule has 8 heteroatoms. The number of hydrogen-bond acceptors (Lipinski definition) is 4. The van der Waals surface area contributed by atoms with Gasteiger partial charge in [-0.25, -0.2) is 17.1 Å². The van der Waals surface area contributed by atoms with Crippen molar-refractivity contribution in [3.8, 4) is 0 Å². The van der Waals surface area contributed by atoms with Crippen LogP contribution in [0.5, 0.6) is 0 Å². The highest BCUT2D eigenvalue weighted by Crippen LogP contribution is 2.38. The molecule has 0 unspecified atom stereocenters. The lowest BCUT2D eigenvalue weighted by molar-refractivity contribution is -0.136. The van der Waals surface area contributed by atoms with Crippen molar-refractivity contribution in [3.05, 3.63) is 76.6 Å². The molecule has 1 saturated heterocycles. The number of carbonyl (C=O) groups is 1. The summed E-state index contributed by atoms with van der Waals surface area (Å²) in [5, 5.41) is 10.9. The molecule has 1 fully saturated rings. The number of piperidine rings is 1. The third kappa shape index (κ3) is 4.86. The zero-order valence-corrected chi connectivity index (χ0v) is 19.2. The number of fused-ring (bicyclic) bond motifs is 1. The fourth-order valence-corrected chi connectivity index (χ4v) is 6.41. The highest BCUT2D eigenvalue weighted by molar-refractivity contribution is 7.88. The summed E-state index contributed by atoms with van der Waals surface area (Å²) in [6, 6.07) is 13.3. The van der Waals surface area contributed by atoms with Gasteiger partial charge in [0.1, 0.15) is 5.82 Å². The maximum absolute atomic E-state index is 14.1. The minimum Gasteiger partial charge on any atom is -0.481 e. The van der Waals surface area contributed by atoms with E-state index in [-0.39, 0.29) is 23.9 Å². The van der Waals surface area contributed by atoms with Gasteiger partial charge in [-0.2, -0.15) is 0 Å². The zero-order valence-electron chi connectivity index (χ0n) is 18.4. The van der Waals surface area contributed by atoms with Gasteiger partial charge in [0.2, 0.25) is 10.0 Å². The van der Waals surface area contributed by atoms with Crippen LogP contribution in [0.25, 0.3) is 10.8 Å². The van der Waals surface area contributed by atoms with Crippen molar-refractivity contribution in [1.82, 2.24) is 4.31 Å². The van der Waals surface area contributed by atoms with E-state index in [1.807, 2.05) is 13.0 Å². The highest BCUT2D eigenvalue weighted by Gasteiger charge is 2.31. The summed E-state index contributed by atoms with van der Waals surface area (Å²) in [6.45, 7) is 2.57. The van der Waals surface area contributed by atoms with Gasteiger partial charge in [0.25, 0.3) is 0 Å². The zero-order chi connectivity index (χ0) is 23.8. The molecule has 33 heavy (non-hydrogen) atoms. The minimum atomic E-state index is -3.53. The SMILES string of the molecule is Cc1c(CC(=O)O)cc2ccc(F)cc2c1C1CCN(S(=O)(=O)Cc2ccccc2N)CC1. The van der Waals surface area contributed by atoms with Gasteiger partial charge in [0, 0.05) is 18.8 Å². The van der Waals surface area contributed by atoms with E-state index in [0.717, 1.165) is 21.9 Å². The highest BCUT2D eigenvalue weighted by atomic mass is 32.2. The summed E-state index contributed by atoms with van der Waals surface area (Å²) in [7, 11) is -3.53. The van der Waals surface area contributed by atoms with E-state index in [1.54, 1.807) is 30.3 Å². The first-order valence-electron chi connectivity index (χ1n) is 10.9. The Morgan fingerprint density at radius 1 is 1.12 bits per heavy atom. The van der Waals surface area contributed by atoms with E-state index < -0.39 is 16.0 Å². The third-order valence-corrected chi connectivity index (χ3v) is 8.34. The molecule has 0 radical (unpaired) electrons. The molecule has 3 aromatic rings. The predicted molar refractivity (Wildman–Crippen MR) is 127 cm³/mol. The summed E-state index contributed by atoms with van der Waals surface area (Å²) in [6.07, 6.45) is 1.04. The Morgan fingerprint density at radius 3 is 2.48 bits per heavy atom. The average Bonchev–Trinajstić information content (AvgIpc) is 2.76. The van der Waals surface area contributed by atoms with Gasteiger partial charge in [-0.1, -0.05) is 30.3 Å². The van der Waals surface area contributed by atoms with Crippen LogP contribution in [0.2, 0.25) is 0 Å².